The summed E-state index contributed by atoms with van der Waals surface area (Å²) in [4.78, 5) is 13.9. The Balaban J connectivity index is 2.25. The number of carboxylic acids is 1. The van der Waals surface area contributed by atoms with E-state index in [0.717, 1.165) is 10.9 Å². The Hall–Kier alpha value is -2.76. The van der Waals surface area contributed by atoms with Crippen LogP contribution in [0.1, 0.15) is 10.5 Å². The number of aryl methyl sites for hydroxylation is 1. The zero-order valence-electron chi connectivity index (χ0n) is 10.1. The third kappa shape index (κ3) is 1.65. The summed E-state index contributed by atoms with van der Waals surface area (Å²) in [6, 6.07) is 6.70. The van der Waals surface area contributed by atoms with E-state index in [1.165, 1.54) is 10.7 Å². The van der Waals surface area contributed by atoms with Gasteiger partial charge in [-0.2, -0.15) is 5.10 Å². The first-order chi connectivity index (χ1) is 9.08. The van der Waals surface area contributed by atoms with Gasteiger partial charge in [-0.3, -0.25) is 4.68 Å². The summed E-state index contributed by atoms with van der Waals surface area (Å²) in [5.74, 6) is -0.908. The van der Waals surface area contributed by atoms with E-state index in [2.05, 4.69) is 10.1 Å². The number of aromatic hydroxyl groups is 1. The van der Waals surface area contributed by atoms with Gasteiger partial charge in [0.2, 0.25) is 0 Å². The predicted octanol–water partition coefficient (Wildman–Crippen LogP) is 1.97. The number of para-hydroxylation sites is 1. The molecule has 0 spiro atoms. The van der Waals surface area contributed by atoms with Crippen molar-refractivity contribution in [1.82, 2.24) is 14.8 Å². The topological polar surface area (TPSA) is 91.1 Å². The molecule has 0 fully saturated rings. The lowest BCUT2D eigenvalue weighted by Gasteiger charge is -2.00. The fourth-order valence-corrected chi connectivity index (χ4v) is 2.17. The highest BCUT2D eigenvalue weighted by molar-refractivity contribution is 5.98. The minimum atomic E-state index is -1.07. The molecular weight excluding hydrogens is 246 g/mol. The number of rotatable bonds is 2. The molecule has 0 saturated carbocycles. The van der Waals surface area contributed by atoms with Crippen molar-refractivity contribution in [2.24, 2.45) is 7.05 Å². The van der Waals surface area contributed by atoms with Crippen LogP contribution in [-0.2, 0) is 7.05 Å². The van der Waals surface area contributed by atoms with Crippen LogP contribution in [-0.4, -0.2) is 30.9 Å². The molecule has 0 unspecified atom stereocenters. The Morgan fingerprint density at radius 1 is 1.42 bits per heavy atom. The van der Waals surface area contributed by atoms with Crippen molar-refractivity contribution in [3.63, 3.8) is 0 Å². The van der Waals surface area contributed by atoms with Gasteiger partial charge < -0.3 is 15.2 Å². The van der Waals surface area contributed by atoms with E-state index in [9.17, 15) is 9.90 Å². The molecule has 1 aromatic carbocycles. The Bertz CT molecular complexity index is 786. The summed E-state index contributed by atoms with van der Waals surface area (Å²) in [6.45, 7) is 0. The van der Waals surface area contributed by atoms with E-state index >= 15 is 0 Å². The van der Waals surface area contributed by atoms with Gasteiger partial charge >= 0.3 is 5.97 Å². The summed E-state index contributed by atoms with van der Waals surface area (Å²) < 4.78 is 1.51. The molecule has 0 aliphatic carbocycles. The Morgan fingerprint density at radius 2 is 2.21 bits per heavy atom. The molecule has 3 rings (SSSR count). The second-order valence-corrected chi connectivity index (χ2v) is 4.25. The number of phenols is 1. The molecule has 19 heavy (non-hydrogen) atoms. The van der Waals surface area contributed by atoms with Crippen LogP contribution >= 0.6 is 0 Å². The van der Waals surface area contributed by atoms with E-state index in [0.29, 0.717) is 11.2 Å². The summed E-state index contributed by atoms with van der Waals surface area (Å²) in [7, 11) is 1.68. The normalized spacial score (nSPS) is 11.0. The molecule has 3 aromatic rings. The molecule has 0 aliphatic heterocycles. The third-order valence-electron chi connectivity index (χ3n) is 3.07. The number of carbonyl (C=O) groups is 1. The Morgan fingerprint density at radius 3 is 2.89 bits per heavy atom. The van der Waals surface area contributed by atoms with Crippen LogP contribution < -0.4 is 0 Å². The van der Waals surface area contributed by atoms with Gasteiger partial charge in [0.1, 0.15) is 5.75 Å². The van der Waals surface area contributed by atoms with E-state index in [4.69, 9.17) is 5.11 Å². The van der Waals surface area contributed by atoms with Gasteiger partial charge in [0.25, 0.3) is 0 Å². The lowest BCUT2D eigenvalue weighted by Crippen LogP contribution is -1.99. The average molecular weight is 257 g/mol. The summed E-state index contributed by atoms with van der Waals surface area (Å²) in [6.07, 6.45) is 1.73. The van der Waals surface area contributed by atoms with Crippen LogP contribution in [0, 0.1) is 0 Å². The zero-order valence-corrected chi connectivity index (χ0v) is 10.1. The van der Waals surface area contributed by atoms with Gasteiger partial charge in [-0.25, -0.2) is 4.79 Å². The van der Waals surface area contributed by atoms with Gasteiger partial charge in [-0.1, -0.05) is 12.1 Å². The number of nitrogens with one attached hydrogen (secondary N) is 1. The lowest BCUT2D eigenvalue weighted by molar-refractivity contribution is 0.0689. The molecule has 2 aromatic heterocycles. The molecule has 0 amide bonds. The quantitative estimate of drug-likeness (QED) is 0.654. The molecule has 0 radical (unpaired) electrons. The second-order valence-electron chi connectivity index (χ2n) is 4.25. The van der Waals surface area contributed by atoms with E-state index < -0.39 is 5.97 Å². The monoisotopic (exact) mass is 257 g/mol. The fraction of sp³-hybridized carbons (Fsp3) is 0.0769. The lowest BCUT2D eigenvalue weighted by atomic mass is 10.1. The number of nitrogens with zero attached hydrogens (tertiary/aromatic N) is 2. The summed E-state index contributed by atoms with van der Waals surface area (Å²) >= 11 is 0. The standard InChI is InChI=1S/C13H11N3O3/c1-16-10(5-9(15-16)13(18)19)8-6-14-12-7(8)3-2-4-11(12)17/h2-6,14,17H,1H3,(H,18,19). The first kappa shape index (κ1) is 11.3. The third-order valence-corrected chi connectivity index (χ3v) is 3.07. The number of benzene rings is 1. The molecule has 96 valence electrons. The Kier molecular flexibility index (Phi) is 2.31. The maximum absolute atomic E-state index is 10.9. The number of fused-ring (bicyclic) bond motifs is 1. The predicted molar refractivity (Wildman–Crippen MR) is 69.1 cm³/mol. The number of H-pyrrole nitrogens is 1. The highest BCUT2D eigenvalue weighted by Gasteiger charge is 2.16. The molecule has 0 atom stereocenters. The molecule has 6 nitrogen and oxygen atoms in total. The summed E-state index contributed by atoms with van der Waals surface area (Å²) in [5, 5.41) is 23.5. The molecule has 0 saturated heterocycles. The SMILES string of the molecule is Cn1nc(C(=O)O)cc1-c1c[nH]c2c(O)cccc12. The highest BCUT2D eigenvalue weighted by Crippen LogP contribution is 2.32. The van der Waals surface area contributed by atoms with Gasteiger partial charge in [-0.15, -0.1) is 0 Å². The molecular formula is C13H11N3O3. The maximum Gasteiger partial charge on any atom is 0.356 e. The van der Waals surface area contributed by atoms with Gasteiger partial charge in [-0.05, 0) is 12.1 Å². The second kappa shape index (κ2) is 3.88. The number of aromatic amines is 1. The number of carboxylic acid groups (broad SMARTS) is 1. The van der Waals surface area contributed by atoms with Crippen molar-refractivity contribution in [3.8, 4) is 17.0 Å². The average Bonchev–Trinajstić information content (AvgIpc) is 2.93. The molecule has 0 aliphatic rings. The molecule has 0 bridgehead atoms. The fourth-order valence-electron chi connectivity index (χ4n) is 2.17. The van der Waals surface area contributed by atoms with Crippen molar-refractivity contribution in [2.45, 2.75) is 0 Å². The molecule has 6 heteroatoms. The number of hydrogen-bond donors (Lipinski definition) is 3. The van der Waals surface area contributed by atoms with Gasteiger partial charge in [0.05, 0.1) is 11.2 Å². The number of aromatic nitrogens is 3. The van der Waals surface area contributed by atoms with Crippen molar-refractivity contribution >= 4 is 16.9 Å². The first-order valence-corrected chi connectivity index (χ1v) is 5.64. The molecule has 3 N–H and O–H groups in total. The smallest absolute Gasteiger partial charge is 0.356 e. The number of phenolic OH excluding ortho intramolecular Hbond substituents is 1. The van der Waals surface area contributed by atoms with E-state index in [1.807, 2.05) is 6.07 Å². The van der Waals surface area contributed by atoms with Crippen molar-refractivity contribution < 1.29 is 15.0 Å². The summed E-state index contributed by atoms with van der Waals surface area (Å²) in [5.41, 5.74) is 2.09. The minimum absolute atomic E-state index is 0.00740. The van der Waals surface area contributed by atoms with E-state index in [-0.39, 0.29) is 11.4 Å². The largest absolute Gasteiger partial charge is 0.506 e. The van der Waals surface area contributed by atoms with Crippen LogP contribution in [0.5, 0.6) is 5.75 Å². The zero-order chi connectivity index (χ0) is 13.6. The van der Waals surface area contributed by atoms with E-state index in [1.54, 1.807) is 25.4 Å². The highest BCUT2D eigenvalue weighted by atomic mass is 16.4. The Labute approximate surface area is 107 Å². The van der Waals surface area contributed by atoms with Crippen LogP contribution in [0.15, 0.2) is 30.5 Å². The van der Waals surface area contributed by atoms with Crippen LogP contribution in [0.2, 0.25) is 0 Å². The van der Waals surface area contributed by atoms with Crippen LogP contribution in [0.3, 0.4) is 0 Å². The van der Waals surface area contributed by atoms with Gasteiger partial charge in [0, 0.05) is 24.2 Å². The van der Waals surface area contributed by atoms with Crippen LogP contribution in [0.25, 0.3) is 22.2 Å². The van der Waals surface area contributed by atoms with Crippen molar-refractivity contribution in [1.29, 1.82) is 0 Å². The van der Waals surface area contributed by atoms with Crippen molar-refractivity contribution in [3.05, 3.63) is 36.2 Å². The van der Waals surface area contributed by atoms with Crippen molar-refractivity contribution in [2.75, 3.05) is 0 Å². The first-order valence-electron chi connectivity index (χ1n) is 5.64. The number of aromatic carboxylic acids is 1. The number of hydrogen-bond acceptors (Lipinski definition) is 3. The van der Waals surface area contributed by atoms with Gasteiger partial charge in [0.15, 0.2) is 5.69 Å². The van der Waals surface area contributed by atoms with Crippen LogP contribution in [0.4, 0.5) is 0 Å². The minimum Gasteiger partial charge on any atom is -0.506 e. The maximum atomic E-state index is 10.9. The molecule has 2 heterocycles.